The number of Topliss-reactive ketones (excluding diaryl/α,β-unsaturated/α-hetero) is 2. The van der Waals surface area contributed by atoms with Crippen molar-refractivity contribution >= 4 is 11.6 Å². The SMILES string of the molecule is CC(=O)CCC1C(CC(C)=O)C2CC1C1C3C=CC(C3)C21. The summed E-state index contributed by atoms with van der Waals surface area (Å²) in [7, 11) is 0. The zero-order chi connectivity index (χ0) is 14.7. The molecule has 0 N–H and O–H groups in total. The van der Waals surface area contributed by atoms with E-state index in [1.54, 1.807) is 13.8 Å². The highest BCUT2D eigenvalue weighted by Gasteiger charge is 2.63. The van der Waals surface area contributed by atoms with E-state index in [0.29, 0.717) is 29.8 Å². The summed E-state index contributed by atoms with van der Waals surface area (Å²) in [6.07, 6.45) is 10.1. The number of carbonyl (C=O) groups excluding carboxylic acids is 2. The Morgan fingerprint density at radius 1 is 0.905 bits per heavy atom. The van der Waals surface area contributed by atoms with Crippen molar-refractivity contribution < 1.29 is 9.59 Å². The van der Waals surface area contributed by atoms with Gasteiger partial charge < -0.3 is 9.59 Å². The standard InChI is InChI=1S/C19H26O2/c1-10(20)3-6-14-15(7-11(2)21)17-9-16(14)18-12-4-5-13(8-12)19(17)18/h4-5,12-19H,3,6-9H2,1-2H3. The van der Waals surface area contributed by atoms with Crippen molar-refractivity contribution in [3.05, 3.63) is 12.2 Å². The molecule has 0 amide bonds. The van der Waals surface area contributed by atoms with Crippen molar-refractivity contribution in [3.8, 4) is 0 Å². The predicted octanol–water partition coefficient (Wildman–Crippen LogP) is 3.66. The molecule has 0 spiro atoms. The van der Waals surface area contributed by atoms with Gasteiger partial charge in [0.15, 0.2) is 0 Å². The van der Waals surface area contributed by atoms with Crippen molar-refractivity contribution in [3.63, 3.8) is 0 Å². The second kappa shape index (κ2) is 4.79. The van der Waals surface area contributed by atoms with E-state index in [1.807, 2.05) is 0 Å². The first-order valence-electron chi connectivity index (χ1n) is 8.73. The minimum absolute atomic E-state index is 0.309. The van der Waals surface area contributed by atoms with Crippen LogP contribution in [0.4, 0.5) is 0 Å². The quantitative estimate of drug-likeness (QED) is 0.571. The molecule has 0 saturated heterocycles. The maximum absolute atomic E-state index is 11.7. The highest BCUT2D eigenvalue weighted by molar-refractivity contribution is 5.76. The number of fused-ring (bicyclic) bond motifs is 9. The molecule has 4 rings (SSSR count). The van der Waals surface area contributed by atoms with Crippen LogP contribution in [0.15, 0.2) is 12.2 Å². The zero-order valence-corrected chi connectivity index (χ0v) is 13.1. The molecule has 3 fully saturated rings. The van der Waals surface area contributed by atoms with E-state index in [4.69, 9.17) is 0 Å². The highest BCUT2D eigenvalue weighted by atomic mass is 16.1. The van der Waals surface area contributed by atoms with E-state index in [-0.39, 0.29) is 0 Å². The molecule has 4 aliphatic carbocycles. The smallest absolute Gasteiger partial charge is 0.130 e. The van der Waals surface area contributed by atoms with E-state index < -0.39 is 0 Å². The zero-order valence-electron chi connectivity index (χ0n) is 13.1. The Bertz CT molecular complexity index is 506. The fourth-order valence-electron chi connectivity index (χ4n) is 6.72. The van der Waals surface area contributed by atoms with Gasteiger partial charge in [-0.05, 0) is 80.5 Å². The number of allylic oxidation sites excluding steroid dienone is 2. The summed E-state index contributed by atoms with van der Waals surface area (Å²) in [6.45, 7) is 3.45. The maximum Gasteiger partial charge on any atom is 0.130 e. The molecule has 8 unspecified atom stereocenters. The van der Waals surface area contributed by atoms with Crippen LogP contribution < -0.4 is 0 Å². The van der Waals surface area contributed by atoms with Crippen LogP contribution in [0.2, 0.25) is 0 Å². The summed E-state index contributed by atoms with van der Waals surface area (Å²) >= 11 is 0. The third kappa shape index (κ3) is 1.98. The van der Waals surface area contributed by atoms with Gasteiger partial charge in [0.1, 0.15) is 11.6 Å². The van der Waals surface area contributed by atoms with Crippen LogP contribution in [0.3, 0.4) is 0 Å². The molecule has 2 heteroatoms. The fourth-order valence-corrected chi connectivity index (χ4v) is 6.72. The normalized spacial score (nSPS) is 48.9. The minimum atomic E-state index is 0.309. The third-order valence-electron chi connectivity index (χ3n) is 7.12. The van der Waals surface area contributed by atoms with Crippen LogP contribution in [0.1, 0.15) is 46.0 Å². The van der Waals surface area contributed by atoms with Gasteiger partial charge in [-0.3, -0.25) is 0 Å². The lowest BCUT2D eigenvalue weighted by Gasteiger charge is -2.42. The molecule has 0 aromatic carbocycles. The summed E-state index contributed by atoms with van der Waals surface area (Å²) < 4.78 is 0. The Morgan fingerprint density at radius 3 is 2.10 bits per heavy atom. The summed E-state index contributed by atoms with van der Waals surface area (Å²) in [5.74, 6) is 6.78. The van der Waals surface area contributed by atoms with E-state index >= 15 is 0 Å². The van der Waals surface area contributed by atoms with Crippen molar-refractivity contribution in [1.29, 1.82) is 0 Å². The van der Waals surface area contributed by atoms with E-state index in [0.717, 1.165) is 48.3 Å². The summed E-state index contributed by atoms with van der Waals surface area (Å²) in [5, 5.41) is 0. The van der Waals surface area contributed by atoms with Crippen LogP contribution in [-0.2, 0) is 9.59 Å². The molecular formula is C19H26O2. The molecule has 4 bridgehead atoms. The van der Waals surface area contributed by atoms with Crippen LogP contribution >= 0.6 is 0 Å². The Morgan fingerprint density at radius 2 is 1.52 bits per heavy atom. The van der Waals surface area contributed by atoms with E-state index in [2.05, 4.69) is 12.2 Å². The van der Waals surface area contributed by atoms with Gasteiger partial charge in [0.25, 0.3) is 0 Å². The molecule has 21 heavy (non-hydrogen) atoms. The minimum Gasteiger partial charge on any atom is -0.300 e. The molecule has 0 aromatic rings. The molecular weight excluding hydrogens is 260 g/mol. The predicted molar refractivity (Wildman–Crippen MR) is 81.5 cm³/mol. The lowest BCUT2D eigenvalue weighted by atomic mass is 9.63. The molecule has 0 aliphatic heterocycles. The van der Waals surface area contributed by atoms with Crippen LogP contribution in [0.5, 0.6) is 0 Å². The second-order valence-electron chi connectivity index (χ2n) is 8.14. The molecule has 4 aliphatic rings. The van der Waals surface area contributed by atoms with Gasteiger partial charge >= 0.3 is 0 Å². The average molecular weight is 286 g/mol. The largest absolute Gasteiger partial charge is 0.300 e. The summed E-state index contributed by atoms with van der Waals surface area (Å²) in [5.41, 5.74) is 0. The number of ketones is 2. The first-order chi connectivity index (χ1) is 10.1. The number of hydrogen-bond donors (Lipinski definition) is 0. The molecule has 0 radical (unpaired) electrons. The monoisotopic (exact) mass is 286 g/mol. The van der Waals surface area contributed by atoms with Crippen molar-refractivity contribution in [1.82, 2.24) is 0 Å². The average Bonchev–Trinajstić information content (AvgIpc) is 3.13. The van der Waals surface area contributed by atoms with Gasteiger partial charge in [0, 0.05) is 12.8 Å². The first-order valence-corrected chi connectivity index (χ1v) is 8.73. The molecule has 8 atom stereocenters. The first kappa shape index (κ1) is 13.7. The Labute approximate surface area is 127 Å². The van der Waals surface area contributed by atoms with E-state index in [1.165, 1.54) is 12.8 Å². The lowest BCUT2D eigenvalue weighted by Crippen LogP contribution is -2.38. The van der Waals surface area contributed by atoms with Gasteiger partial charge in [-0.25, -0.2) is 0 Å². The summed E-state index contributed by atoms with van der Waals surface area (Å²) in [6, 6.07) is 0. The summed E-state index contributed by atoms with van der Waals surface area (Å²) in [4.78, 5) is 23.1. The molecule has 114 valence electrons. The Balaban J connectivity index is 1.59. The van der Waals surface area contributed by atoms with Gasteiger partial charge in [-0.15, -0.1) is 0 Å². The van der Waals surface area contributed by atoms with Crippen LogP contribution in [-0.4, -0.2) is 11.6 Å². The molecule has 3 saturated carbocycles. The van der Waals surface area contributed by atoms with Gasteiger partial charge in [0.05, 0.1) is 0 Å². The van der Waals surface area contributed by atoms with Crippen molar-refractivity contribution in [2.24, 2.45) is 47.3 Å². The van der Waals surface area contributed by atoms with Crippen molar-refractivity contribution in [2.45, 2.75) is 46.0 Å². The lowest BCUT2D eigenvalue weighted by molar-refractivity contribution is -0.119. The fraction of sp³-hybridized carbons (Fsp3) is 0.789. The van der Waals surface area contributed by atoms with Crippen LogP contribution in [0.25, 0.3) is 0 Å². The maximum atomic E-state index is 11.7. The van der Waals surface area contributed by atoms with Gasteiger partial charge in [0.2, 0.25) is 0 Å². The highest BCUT2D eigenvalue weighted by Crippen LogP contribution is 2.69. The molecule has 2 nitrogen and oxygen atoms in total. The number of carbonyl (C=O) groups is 2. The van der Waals surface area contributed by atoms with Crippen molar-refractivity contribution in [2.75, 3.05) is 0 Å². The topological polar surface area (TPSA) is 34.1 Å². The third-order valence-corrected chi connectivity index (χ3v) is 7.12. The Kier molecular flexibility index (Phi) is 3.13. The van der Waals surface area contributed by atoms with E-state index in [9.17, 15) is 9.59 Å². The second-order valence-corrected chi connectivity index (χ2v) is 8.14. The number of hydrogen-bond acceptors (Lipinski definition) is 2. The number of rotatable bonds is 5. The van der Waals surface area contributed by atoms with Gasteiger partial charge in [-0.1, -0.05) is 12.2 Å². The molecule has 0 aromatic heterocycles. The Hall–Kier alpha value is -0.920. The molecule has 0 heterocycles. The van der Waals surface area contributed by atoms with Crippen LogP contribution in [0, 0.1) is 47.3 Å². The van der Waals surface area contributed by atoms with Gasteiger partial charge in [-0.2, -0.15) is 0 Å².